The van der Waals surface area contributed by atoms with Crippen LogP contribution in [-0.4, -0.2) is 30.5 Å². The summed E-state index contributed by atoms with van der Waals surface area (Å²) in [5.74, 6) is 0.865. The summed E-state index contributed by atoms with van der Waals surface area (Å²) in [6.07, 6.45) is 2.46. The van der Waals surface area contributed by atoms with E-state index in [2.05, 4.69) is 0 Å². The second-order valence-electron chi connectivity index (χ2n) is 5.16. The molecule has 1 aromatic carbocycles. The van der Waals surface area contributed by atoms with Crippen LogP contribution in [0.3, 0.4) is 0 Å². The number of carbonyl (C=O) groups is 1. The molecule has 4 nitrogen and oxygen atoms in total. The number of benzene rings is 1. The number of likely N-dealkylation sites (N-methyl/N-ethyl adjacent to an activating group) is 1. The summed E-state index contributed by atoms with van der Waals surface area (Å²) in [6.45, 7) is 0.777. The lowest BCUT2D eigenvalue weighted by Crippen LogP contribution is -2.29. The fraction of sp³-hybridized carbons (Fsp3) is 0.500. The Bertz CT molecular complexity index is 487. The van der Waals surface area contributed by atoms with Crippen LogP contribution in [0.1, 0.15) is 30.0 Å². The zero-order valence-electron chi connectivity index (χ0n) is 10.6. The van der Waals surface area contributed by atoms with Crippen LogP contribution >= 0.6 is 0 Å². The summed E-state index contributed by atoms with van der Waals surface area (Å²) in [5, 5.41) is 0. The van der Waals surface area contributed by atoms with E-state index in [9.17, 15) is 4.79 Å². The van der Waals surface area contributed by atoms with Crippen LogP contribution in [0, 0.1) is 0 Å². The van der Waals surface area contributed by atoms with E-state index in [1.807, 2.05) is 25.2 Å². The first-order valence-corrected chi connectivity index (χ1v) is 6.45. The smallest absolute Gasteiger partial charge is 0.263 e. The third-order valence-electron chi connectivity index (χ3n) is 3.90. The molecule has 3 rings (SSSR count). The predicted octanol–water partition coefficient (Wildman–Crippen LogP) is 1.24. The van der Waals surface area contributed by atoms with Gasteiger partial charge in [0.1, 0.15) is 5.75 Å². The van der Waals surface area contributed by atoms with Crippen molar-refractivity contribution in [2.75, 3.05) is 13.6 Å². The zero-order chi connectivity index (χ0) is 12.7. The topological polar surface area (TPSA) is 55.6 Å². The lowest BCUT2D eigenvalue weighted by molar-refractivity contribution is -0.132. The van der Waals surface area contributed by atoms with Crippen molar-refractivity contribution in [3.05, 3.63) is 29.3 Å². The highest BCUT2D eigenvalue weighted by Gasteiger charge is 2.31. The molecule has 2 atom stereocenters. The number of nitrogens with two attached hydrogens (primary N) is 1. The molecule has 1 aromatic rings. The minimum atomic E-state index is -0.317. The maximum Gasteiger partial charge on any atom is 0.263 e. The summed E-state index contributed by atoms with van der Waals surface area (Å²) in [4.78, 5) is 13.5. The first kappa shape index (κ1) is 11.5. The molecule has 2 N–H and O–H groups in total. The Hall–Kier alpha value is -1.55. The number of aryl methyl sites for hydroxylation is 1. The van der Waals surface area contributed by atoms with Gasteiger partial charge in [-0.05, 0) is 36.1 Å². The van der Waals surface area contributed by atoms with Crippen LogP contribution in [0.25, 0.3) is 0 Å². The van der Waals surface area contributed by atoms with E-state index in [1.54, 1.807) is 4.90 Å². The molecule has 1 fully saturated rings. The van der Waals surface area contributed by atoms with E-state index < -0.39 is 0 Å². The van der Waals surface area contributed by atoms with Crippen molar-refractivity contribution in [3.63, 3.8) is 0 Å². The molecule has 0 bridgehead atoms. The molecule has 2 unspecified atom stereocenters. The third-order valence-corrected chi connectivity index (χ3v) is 3.90. The van der Waals surface area contributed by atoms with Gasteiger partial charge in [0.25, 0.3) is 5.91 Å². The second kappa shape index (κ2) is 4.28. The van der Waals surface area contributed by atoms with Crippen molar-refractivity contribution in [2.24, 2.45) is 5.73 Å². The molecule has 2 aliphatic rings. The van der Waals surface area contributed by atoms with Gasteiger partial charge in [0.05, 0.1) is 0 Å². The Morgan fingerprint density at radius 2 is 2.22 bits per heavy atom. The molecular weight excluding hydrogens is 228 g/mol. The number of rotatable bonds is 2. The van der Waals surface area contributed by atoms with E-state index in [1.165, 1.54) is 11.1 Å². The molecule has 0 saturated carbocycles. The molecule has 4 heteroatoms. The molecule has 0 radical (unpaired) electrons. The Balaban J connectivity index is 1.76. The van der Waals surface area contributed by atoms with E-state index in [-0.39, 0.29) is 18.1 Å². The Labute approximate surface area is 107 Å². The number of ether oxygens (including phenoxy) is 1. The van der Waals surface area contributed by atoms with Gasteiger partial charge in [-0.25, -0.2) is 0 Å². The maximum atomic E-state index is 11.8. The molecular formula is C14H18N2O2. The quantitative estimate of drug-likeness (QED) is 0.854. The van der Waals surface area contributed by atoms with Crippen LogP contribution in [0.2, 0.25) is 0 Å². The van der Waals surface area contributed by atoms with Crippen molar-refractivity contribution < 1.29 is 9.53 Å². The fourth-order valence-corrected chi connectivity index (χ4v) is 2.76. The number of hydrogen-bond acceptors (Lipinski definition) is 3. The molecule has 1 aliphatic carbocycles. The van der Waals surface area contributed by atoms with Crippen molar-refractivity contribution >= 4 is 5.91 Å². The van der Waals surface area contributed by atoms with Crippen LogP contribution in [0.4, 0.5) is 0 Å². The maximum absolute atomic E-state index is 11.8. The van der Waals surface area contributed by atoms with E-state index >= 15 is 0 Å². The lowest BCUT2D eigenvalue weighted by Gasteiger charge is -2.14. The molecule has 1 aliphatic heterocycles. The van der Waals surface area contributed by atoms with Gasteiger partial charge < -0.3 is 15.4 Å². The molecule has 96 valence electrons. The molecule has 18 heavy (non-hydrogen) atoms. The lowest BCUT2D eigenvalue weighted by atomic mass is 10.1. The van der Waals surface area contributed by atoms with Crippen molar-refractivity contribution in [2.45, 2.75) is 31.4 Å². The van der Waals surface area contributed by atoms with Crippen LogP contribution in [0.5, 0.6) is 5.75 Å². The van der Waals surface area contributed by atoms with Gasteiger partial charge in [0.2, 0.25) is 0 Å². The summed E-state index contributed by atoms with van der Waals surface area (Å²) < 4.78 is 5.79. The fourth-order valence-electron chi connectivity index (χ4n) is 2.76. The van der Waals surface area contributed by atoms with Crippen LogP contribution in [-0.2, 0) is 11.2 Å². The number of hydrogen-bond donors (Lipinski definition) is 1. The normalized spacial score (nSPS) is 26.6. The average Bonchev–Trinajstić information content (AvgIpc) is 2.88. The third kappa shape index (κ3) is 1.86. The number of nitrogens with zero attached hydrogens (tertiary/aromatic N) is 1. The van der Waals surface area contributed by atoms with E-state index in [4.69, 9.17) is 10.5 Å². The van der Waals surface area contributed by atoms with Gasteiger partial charge >= 0.3 is 0 Å². The summed E-state index contributed by atoms with van der Waals surface area (Å²) >= 11 is 0. The highest BCUT2D eigenvalue weighted by molar-refractivity contribution is 5.83. The van der Waals surface area contributed by atoms with E-state index in [0.717, 1.165) is 31.6 Å². The monoisotopic (exact) mass is 246 g/mol. The summed E-state index contributed by atoms with van der Waals surface area (Å²) in [6, 6.07) is 6.16. The largest absolute Gasteiger partial charge is 0.481 e. The minimum absolute atomic E-state index is 0.0761. The van der Waals surface area contributed by atoms with Gasteiger partial charge in [-0.1, -0.05) is 6.07 Å². The Morgan fingerprint density at radius 3 is 2.94 bits per heavy atom. The molecule has 1 amide bonds. The number of fused-ring (bicyclic) bond motifs is 1. The van der Waals surface area contributed by atoms with Gasteiger partial charge in [-0.15, -0.1) is 0 Å². The van der Waals surface area contributed by atoms with Gasteiger partial charge in [0, 0.05) is 26.1 Å². The highest BCUT2D eigenvalue weighted by atomic mass is 16.5. The molecule has 1 heterocycles. The zero-order valence-corrected chi connectivity index (χ0v) is 10.6. The van der Waals surface area contributed by atoms with Crippen molar-refractivity contribution in [1.82, 2.24) is 4.90 Å². The van der Waals surface area contributed by atoms with Crippen molar-refractivity contribution in [3.8, 4) is 5.75 Å². The number of likely N-dealkylation sites (tertiary alicyclic amines) is 1. The summed E-state index contributed by atoms with van der Waals surface area (Å²) in [5.41, 5.74) is 8.48. The molecule has 1 saturated heterocycles. The molecule has 0 aromatic heterocycles. The molecule has 0 spiro atoms. The highest BCUT2D eigenvalue weighted by Crippen LogP contribution is 2.32. The SMILES string of the molecule is CN1CCC(Oc2ccc3c(c2)CCC3N)C1=O. The van der Waals surface area contributed by atoms with Gasteiger partial charge in [-0.3, -0.25) is 4.79 Å². The Kier molecular flexibility index (Phi) is 2.74. The predicted molar refractivity (Wildman–Crippen MR) is 68.4 cm³/mol. The van der Waals surface area contributed by atoms with Crippen LogP contribution < -0.4 is 10.5 Å². The van der Waals surface area contributed by atoms with Crippen molar-refractivity contribution in [1.29, 1.82) is 0 Å². The van der Waals surface area contributed by atoms with Gasteiger partial charge in [-0.2, -0.15) is 0 Å². The van der Waals surface area contributed by atoms with E-state index in [0.29, 0.717) is 0 Å². The second-order valence-corrected chi connectivity index (χ2v) is 5.16. The first-order valence-electron chi connectivity index (χ1n) is 6.45. The summed E-state index contributed by atoms with van der Waals surface area (Å²) in [7, 11) is 1.81. The Morgan fingerprint density at radius 1 is 1.39 bits per heavy atom. The van der Waals surface area contributed by atoms with Crippen LogP contribution in [0.15, 0.2) is 18.2 Å². The minimum Gasteiger partial charge on any atom is -0.481 e. The number of carbonyl (C=O) groups excluding carboxylic acids is 1. The standard InChI is InChI=1S/C14H18N2O2/c1-16-7-6-13(14(16)17)18-10-3-4-11-9(8-10)2-5-12(11)15/h3-4,8,12-13H,2,5-7,15H2,1H3. The first-order chi connectivity index (χ1) is 8.65. The average molecular weight is 246 g/mol. The van der Waals surface area contributed by atoms with Gasteiger partial charge in [0.15, 0.2) is 6.10 Å². The number of amides is 1.